The minimum absolute atomic E-state index is 0.160. The van der Waals surface area contributed by atoms with Crippen molar-refractivity contribution in [2.45, 2.75) is 19.4 Å². The third kappa shape index (κ3) is 4.10. The molecular formula is C16H21NO3. The van der Waals surface area contributed by atoms with E-state index in [2.05, 4.69) is 6.58 Å². The molecule has 0 atom stereocenters. The van der Waals surface area contributed by atoms with Crippen LogP contribution >= 0.6 is 0 Å². The molecule has 1 aliphatic rings. The van der Waals surface area contributed by atoms with Crippen molar-refractivity contribution in [1.29, 1.82) is 0 Å². The second-order valence-electron chi connectivity index (χ2n) is 4.74. The van der Waals surface area contributed by atoms with Crippen molar-refractivity contribution in [1.82, 2.24) is 4.90 Å². The highest BCUT2D eigenvalue weighted by atomic mass is 16.5. The number of amides is 1. The van der Waals surface area contributed by atoms with Gasteiger partial charge in [0.15, 0.2) is 0 Å². The van der Waals surface area contributed by atoms with Gasteiger partial charge in [-0.25, -0.2) is 0 Å². The van der Waals surface area contributed by atoms with Crippen LogP contribution in [0.5, 0.6) is 5.75 Å². The van der Waals surface area contributed by atoms with Crippen molar-refractivity contribution >= 4 is 5.91 Å². The van der Waals surface area contributed by atoms with Crippen LogP contribution in [0.4, 0.5) is 0 Å². The number of hydrogen-bond donors (Lipinski definition) is 0. The lowest BCUT2D eigenvalue weighted by molar-refractivity contribution is -0.132. The van der Waals surface area contributed by atoms with Crippen molar-refractivity contribution in [2.75, 3.05) is 26.4 Å². The lowest BCUT2D eigenvalue weighted by atomic mass is 10.2. The summed E-state index contributed by atoms with van der Waals surface area (Å²) in [7, 11) is 0. The van der Waals surface area contributed by atoms with Crippen molar-refractivity contribution in [3.05, 3.63) is 42.5 Å². The Hall–Kier alpha value is -1.81. The Balaban J connectivity index is 1.83. The average Bonchev–Trinajstić information content (AvgIpc) is 2.69. The summed E-state index contributed by atoms with van der Waals surface area (Å²) >= 11 is 0. The van der Waals surface area contributed by atoms with E-state index >= 15 is 0 Å². The number of carbonyl (C=O) groups excluding carboxylic acids is 1. The molecule has 2 rings (SSSR count). The van der Waals surface area contributed by atoms with Crippen LogP contribution in [0, 0.1) is 0 Å². The molecule has 0 spiro atoms. The molecule has 4 nitrogen and oxygen atoms in total. The fourth-order valence-corrected chi connectivity index (χ4v) is 2.19. The lowest BCUT2D eigenvalue weighted by Crippen LogP contribution is -2.32. The minimum Gasteiger partial charge on any atom is -0.491 e. The van der Waals surface area contributed by atoms with Crippen molar-refractivity contribution in [2.24, 2.45) is 0 Å². The van der Waals surface area contributed by atoms with Crippen LogP contribution in [0.2, 0.25) is 0 Å². The fraction of sp³-hybridized carbons (Fsp3) is 0.438. The first-order valence-electron chi connectivity index (χ1n) is 6.98. The number of hydrogen-bond acceptors (Lipinski definition) is 3. The number of nitrogens with zero attached hydrogens (tertiary/aromatic N) is 1. The maximum absolute atomic E-state index is 12.2. The molecule has 1 amide bonds. The molecule has 1 aromatic rings. The molecule has 0 aromatic heterocycles. The van der Waals surface area contributed by atoms with Gasteiger partial charge in [0.05, 0.1) is 13.2 Å². The van der Waals surface area contributed by atoms with E-state index in [0.29, 0.717) is 39.3 Å². The van der Waals surface area contributed by atoms with Crippen LogP contribution in [0.1, 0.15) is 18.4 Å². The summed E-state index contributed by atoms with van der Waals surface area (Å²) in [5, 5.41) is 0. The summed E-state index contributed by atoms with van der Waals surface area (Å²) in [4.78, 5) is 14.0. The second kappa shape index (κ2) is 7.70. The van der Waals surface area contributed by atoms with E-state index in [0.717, 1.165) is 17.7 Å². The number of benzene rings is 1. The number of carbonyl (C=O) groups is 1. The molecule has 1 heterocycles. The smallest absolute Gasteiger partial charge is 0.223 e. The summed E-state index contributed by atoms with van der Waals surface area (Å²) in [6.45, 7) is 6.54. The SMILES string of the molecule is C=CCOCCCC(=O)N1CCOc2ccccc2C1. The monoisotopic (exact) mass is 275 g/mol. The predicted molar refractivity (Wildman–Crippen MR) is 77.6 cm³/mol. The normalized spacial score (nSPS) is 14.1. The number of rotatable bonds is 6. The van der Waals surface area contributed by atoms with Crippen molar-refractivity contribution in [3.8, 4) is 5.75 Å². The van der Waals surface area contributed by atoms with E-state index in [1.165, 1.54) is 0 Å². The summed E-state index contributed by atoms with van der Waals surface area (Å²) in [5.41, 5.74) is 1.07. The van der Waals surface area contributed by atoms with Gasteiger partial charge in [-0.05, 0) is 12.5 Å². The Bertz CT molecular complexity index is 459. The minimum atomic E-state index is 0.160. The zero-order valence-electron chi connectivity index (χ0n) is 11.7. The van der Waals surface area contributed by atoms with Crippen molar-refractivity contribution < 1.29 is 14.3 Å². The standard InChI is InChI=1S/C16H21NO3/c1-2-10-19-11-5-8-16(18)17-9-12-20-15-7-4-3-6-14(15)13-17/h2-4,6-7H,1,5,8-13H2. The van der Waals surface area contributed by atoms with E-state index in [-0.39, 0.29) is 5.91 Å². The molecule has 0 bridgehead atoms. The molecule has 20 heavy (non-hydrogen) atoms. The van der Waals surface area contributed by atoms with Gasteiger partial charge in [-0.15, -0.1) is 6.58 Å². The van der Waals surface area contributed by atoms with Gasteiger partial charge in [-0.2, -0.15) is 0 Å². The van der Waals surface area contributed by atoms with E-state index < -0.39 is 0 Å². The van der Waals surface area contributed by atoms with Gasteiger partial charge in [0.25, 0.3) is 0 Å². The van der Waals surface area contributed by atoms with Crippen LogP contribution < -0.4 is 4.74 Å². The van der Waals surface area contributed by atoms with Gasteiger partial charge in [0.2, 0.25) is 5.91 Å². The molecule has 0 radical (unpaired) electrons. The van der Waals surface area contributed by atoms with Crippen LogP contribution in [0.25, 0.3) is 0 Å². The molecule has 0 N–H and O–H groups in total. The third-order valence-corrected chi connectivity index (χ3v) is 3.22. The summed E-state index contributed by atoms with van der Waals surface area (Å²) in [5.74, 6) is 1.05. The van der Waals surface area contributed by atoms with Crippen LogP contribution in [-0.2, 0) is 16.1 Å². The van der Waals surface area contributed by atoms with Gasteiger partial charge in [-0.1, -0.05) is 24.3 Å². The van der Waals surface area contributed by atoms with Crippen LogP contribution in [0.15, 0.2) is 36.9 Å². The van der Waals surface area contributed by atoms with E-state index in [1.807, 2.05) is 29.2 Å². The lowest BCUT2D eigenvalue weighted by Gasteiger charge is -2.19. The zero-order chi connectivity index (χ0) is 14.2. The molecular weight excluding hydrogens is 254 g/mol. The Kier molecular flexibility index (Phi) is 5.62. The number of fused-ring (bicyclic) bond motifs is 1. The topological polar surface area (TPSA) is 38.8 Å². The van der Waals surface area contributed by atoms with Gasteiger partial charge in [0, 0.05) is 25.1 Å². The molecule has 0 saturated heterocycles. The Labute approximate surface area is 120 Å². The average molecular weight is 275 g/mol. The number of ether oxygens (including phenoxy) is 2. The first kappa shape index (κ1) is 14.6. The van der Waals surface area contributed by atoms with Gasteiger partial charge in [-0.3, -0.25) is 4.79 Å². The highest BCUT2D eigenvalue weighted by Gasteiger charge is 2.18. The molecule has 0 fully saturated rings. The van der Waals surface area contributed by atoms with Gasteiger partial charge in [0.1, 0.15) is 12.4 Å². The molecule has 108 valence electrons. The molecule has 0 aliphatic carbocycles. The highest BCUT2D eigenvalue weighted by Crippen LogP contribution is 2.22. The van der Waals surface area contributed by atoms with E-state index in [4.69, 9.17) is 9.47 Å². The maximum atomic E-state index is 12.2. The van der Waals surface area contributed by atoms with Crippen molar-refractivity contribution in [3.63, 3.8) is 0 Å². The molecule has 0 unspecified atom stereocenters. The molecule has 4 heteroatoms. The summed E-state index contributed by atoms with van der Waals surface area (Å²) in [6.07, 6.45) is 2.97. The first-order chi connectivity index (χ1) is 9.81. The van der Waals surface area contributed by atoms with E-state index in [1.54, 1.807) is 6.08 Å². The zero-order valence-corrected chi connectivity index (χ0v) is 11.7. The Morgan fingerprint density at radius 1 is 1.45 bits per heavy atom. The Morgan fingerprint density at radius 2 is 2.30 bits per heavy atom. The summed E-state index contributed by atoms with van der Waals surface area (Å²) in [6, 6.07) is 7.88. The largest absolute Gasteiger partial charge is 0.491 e. The first-order valence-corrected chi connectivity index (χ1v) is 6.98. The maximum Gasteiger partial charge on any atom is 0.223 e. The summed E-state index contributed by atoms with van der Waals surface area (Å²) < 4.78 is 10.9. The fourth-order valence-electron chi connectivity index (χ4n) is 2.19. The predicted octanol–water partition coefficient (Wildman–Crippen LogP) is 2.39. The van der Waals surface area contributed by atoms with E-state index in [9.17, 15) is 4.79 Å². The highest BCUT2D eigenvalue weighted by molar-refractivity contribution is 5.76. The Morgan fingerprint density at radius 3 is 3.15 bits per heavy atom. The molecule has 1 aromatic carbocycles. The quantitative estimate of drug-likeness (QED) is 0.591. The van der Waals surface area contributed by atoms with Gasteiger partial charge < -0.3 is 14.4 Å². The van der Waals surface area contributed by atoms with Crippen LogP contribution in [0.3, 0.4) is 0 Å². The second-order valence-corrected chi connectivity index (χ2v) is 4.74. The number of para-hydroxylation sites is 1. The molecule has 1 aliphatic heterocycles. The third-order valence-electron chi connectivity index (χ3n) is 3.22. The van der Waals surface area contributed by atoms with Crippen LogP contribution in [-0.4, -0.2) is 37.2 Å². The molecule has 0 saturated carbocycles. The van der Waals surface area contributed by atoms with Gasteiger partial charge >= 0.3 is 0 Å².